The van der Waals surface area contributed by atoms with Gasteiger partial charge < -0.3 is 15.5 Å². The number of halogens is 1. The summed E-state index contributed by atoms with van der Waals surface area (Å²) in [5.74, 6) is -0.911. The van der Waals surface area contributed by atoms with Gasteiger partial charge in [-0.15, -0.1) is 0 Å². The third-order valence-electron chi connectivity index (χ3n) is 2.99. The Morgan fingerprint density at radius 2 is 1.82 bits per heavy atom. The van der Waals surface area contributed by atoms with E-state index in [2.05, 4.69) is 10.6 Å². The molecule has 3 amide bonds. The van der Waals surface area contributed by atoms with Gasteiger partial charge in [-0.3, -0.25) is 14.4 Å². The average Bonchev–Trinajstić information content (AvgIpc) is 2.49. The maximum Gasteiger partial charge on any atom is 0.242 e. The van der Waals surface area contributed by atoms with Crippen molar-refractivity contribution in [3.63, 3.8) is 0 Å². The zero-order chi connectivity index (χ0) is 16.5. The fourth-order valence-corrected chi connectivity index (χ4v) is 1.96. The number of rotatable bonds is 7. The second kappa shape index (κ2) is 9.04. The van der Waals surface area contributed by atoms with E-state index in [4.69, 9.17) is 11.6 Å². The number of benzene rings is 1. The fourth-order valence-electron chi connectivity index (χ4n) is 1.76. The van der Waals surface area contributed by atoms with E-state index in [1.807, 2.05) is 25.1 Å². The van der Waals surface area contributed by atoms with E-state index in [0.29, 0.717) is 18.1 Å². The fraction of sp³-hybridized carbons (Fsp3) is 0.400. The van der Waals surface area contributed by atoms with Gasteiger partial charge in [-0.1, -0.05) is 29.8 Å². The average molecular weight is 326 g/mol. The molecule has 22 heavy (non-hydrogen) atoms. The van der Waals surface area contributed by atoms with Crippen molar-refractivity contribution < 1.29 is 14.4 Å². The summed E-state index contributed by atoms with van der Waals surface area (Å²) in [6.45, 7) is 3.81. The molecule has 1 aromatic rings. The molecule has 6 nitrogen and oxygen atoms in total. The predicted molar refractivity (Wildman–Crippen MR) is 84.2 cm³/mol. The summed E-state index contributed by atoms with van der Waals surface area (Å²) in [7, 11) is 0. The highest BCUT2D eigenvalue weighted by atomic mass is 35.5. The molecule has 0 aromatic heterocycles. The summed E-state index contributed by atoms with van der Waals surface area (Å²) < 4.78 is 0. The molecule has 0 aliphatic heterocycles. The number of hydrogen-bond donors (Lipinski definition) is 2. The second-order valence-corrected chi connectivity index (χ2v) is 5.09. The molecule has 7 heteroatoms. The highest BCUT2D eigenvalue weighted by molar-refractivity contribution is 6.31. The molecular formula is C15H20ClN3O3. The summed E-state index contributed by atoms with van der Waals surface area (Å²) in [5.41, 5.74) is 0.851. The minimum absolute atomic E-state index is 0.114. The van der Waals surface area contributed by atoms with Gasteiger partial charge in [-0.2, -0.15) is 0 Å². The Balaban J connectivity index is 2.49. The summed E-state index contributed by atoms with van der Waals surface area (Å²) in [5, 5.41) is 5.44. The number of nitrogens with zero attached hydrogens (tertiary/aromatic N) is 1. The summed E-state index contributed by atoms with van der Waals surface area (Å²) in [4.78, 5) is 35.9. The van der Waals surface area contributed by atoms with E-state index >= 15 is 0 Å². The van der Waals surface area contributed by atoms with Crippen LogP contribution in [0.2, 0.25) is 5.02 Å². The zero-order valence-corrected chi connectivity index (χ0v) is 13.4. The van der Waals surface area contributed by atoms with Crippen LogP contribution in [0.1, 0.15) is 19.4 Å². The summed E-state index contributed by atoms with van der Waals surface area (Å²) >= 11 is 6.08. The lowest BCUT2D eigenvalue weighted by Crippen LogP contribution is -2.43. The molecule has 0 radical (unpaired) electrons. The molecule has 2 N–H and O–H groups in total. The van der Waals surface area contributed by atoms with Crippen LogP contribution in [0.15, 0.2) is 24.3 Å². The summed E-state index contributed by atoms with van der Waals surface area (Å²) in [6, 6.07) is 7.30. The van der Waals surface area contributed by atoms with Crippen LogP contribution in [-0.4, -0.2) is 42.3 Å². The van der Waals surface area contributed by atoms with Gasteiger partial charge in [0.25, 0.3) is 0 Å². The van der Waals surface area contributed by atoms with E-state index in [0.717, 1.165) is 5.56 Å². The largest absolute Gasteiger partial charge is 0.347 e. The first-order valence-electron chi connectivity index (χ1n) is 6.96. The van der Waals surface area contributed by atoms with Crippen molar-refractivity contribution in [2.24, 2.45) is 0 Å². The summed E-state index contributed by atoms with van der Waals surface area (Å²) in [6.07, 6.45) is 0. The Hall–Kier alpha value is -2.08. The van der Waals surface area contributed by atoms with Crippen LogP contribution >= 0.6 is 11.6 Å². The third kappa shape index (κ3) is 6.13. The topological polar surface area (TPSA) is 78.5 Å². The van der Waals surface area contributed by atoms with Crippen molar-refractivity contribution in [3.8, 4) is 0 Å². The van der Waals surface area contributed by atoms with E-state index in [9.17, 15) is 14.4 Å². The highest BCUT2D eigenvalue weighted by Gasteiger charge is 2.14. The minimum atomic E-state index is -0.405. The van der Waals surface area contributed by atoms with Crippen LogP contribution in [-0.2, 0) is 20.9 Å². The number of nitrogens with one attached hydrogen (secondary N) is 2. The lowest BCUT2D eigenvalue weighted by Gasteiger charge is -2.21. The van der Waals surface area contributed by atoms with Gasteiger partial charge >= 0.3 is 0 Å². The van der Waals surface area contributed by atoms with Gasteiger partial charge in [0.15, 0.2) is 0 Å². The maximum absolute atomic E-state index is 12.1. The van der Waals surface area contributed by atoms with E-state index in [1.165, 1.54) is 6.92 Å². The smallest absolute Gasteiger partial charge is 0.242 e. The van der Waals surface area contributed by atoms with Crippen molar-refractivity contribution in [2.45, 2.75) is 20.4 Å². The quantitative estimate of drug-likeness (QED) is 0.783. The Morgan fingerprint density at radius 3 is 2.41 bits per heavy atom. The van der Waals surface area contributed by atoms with Gasteiger partial charge in [0, 0.05) is 25.0 Å². The molecule has 1 aromatic carbocycles. The SMILES string of the molecule is CCN(Cc1ccccc1Cl)C(=O)CNC(=O)CNC(C)=O. The van der Waals surface area contributed by atoms with Gasteiger partial charge in [-0.25, -0.2) is 0 Å². The van der Waals surface area contributed by atoms with Crippen molar-refractivity contribution in [3.05, 3.63) is 34.9 Å². The molecule has 0 fully saturated rings. The van der Waals surface area contributed by atoms with Crippen LogP contribution in [0.25, 0.3) is 0 Å². The van der Waals surface area contributed by atoms with E-state index in [1.54, 1.807) is 11.0 Å². The van der Waals surface area contributed by atoms with Crippen LogP contribution in [0.4, 0.5) is 0 Å². The molecule has 0 aliphatic carbocycles. The molecule has 0 aliphatic rings. The zero-order valence-electron chi connectivity index (χ0n) is 12.7. The van der Waals surface area contributed by atoms with Gasteiger partial charge in [-0.05, 0) is 18.6 Å². The Morgan fingerprint density at radius 1 is 1.14 bits per heavy atom. The van der Waals surface area contributed by atoms with Crippen molar-refractivity contribution in [2.75, 3.05) is 19.6 Å². The molecule has 0 atom stereocenters. The predicted octanol–water partition coefficient (Wildman–Crippen LogP) is 0.941. The van der Waals surface area contributed by atoms with Crippen LogP contribution < -0.4 is 10.6 Å². The lowest BCUT2D eigenvalue weighted by atomic mass is 10.2. The molecule has 1 rings (SSSR count). The Bertz CT molecular complexity index is 549. The van der Waals surface area contributed by atoms with E-state index < -0.39 is 5.91 Å². The van der Waals surface area contributed by atoms with Crippen molar-refractivity contribution >= 4 is 29.3 Å². The van der Waals surface area contributed by atoms with Gasteiger partial charge in [0.2, 0.25) is 17.7 Å². The first-order chi connectivity index (χ1) is 10.4. The molecule has 0 bridgehead atoms. The van der Waals surface area contributed by atoms with Crippen molar-refractivity contribution in [1.82, 2.24) is 15.5 Å². The molecule has 0 spiro atoms. The number of amides is 3. The van der Waals surface area contributed by atoms with Crippen LogP contribution in [0.3, 0.4) is 0 Å². The molecule has 0 saturated heterocycles. The molecule has 120 valence electrons. The molecule has 0 heterocycles. The van der Waals surface area contributed by atoms with Crippen LogP contribution in [0.5, 0.6) is 0 Å². The third-order valence-corrected chi connectivity index (χ3v) is 3.36. The monoisotopic (exact) mass is 325 g/mol. The second-order valence-electron chi connectivity index (χ2n) is 4.69. The van der Waals surface area contributed by atoms with E-state index in [-0.39, 0.29) is 24.9 Å². The number of carbonyl (C=O) groups excluding carboxylic acids is 3. The lowest BCUT2D eigenvalue weighted by molar-refractivity contribution is -0.133. The number of likely N-dealkylation sites (N-methyl/N-ethyl adjacent to an activating group) is 1. The molecular weight excluding hydrogens is 306 g/mol. The van der Waals surface area contributed by atoms with Gasteiger partial charge in [0.05, 0.1) is 13.1 Å². The Kier molecular flexibility index (Phi) is 7.39. The Labute approximate surface area is 134 Å². The number of carbonyl (C=O) groups is 3. The van der Waals surface area contributed by atoms with Crippen molar-refractivity contribution in [1.29, 1.82) is 0 Å². The molecule has 0 unspecified atom stereocenters. The normalized spacial score (nSPS) is 9.95. The first kappa shape index (κ1) is 18.0. The highest BCUT2D eigenvalue weighted by Crippen LogP contribution is 2.16. The van der Waals surface area contributed by atoms with Crippen LogP contribution in [0, 0.1) is 0 Å². The van der Waals surface area contributed by atoms with Gasteiger partial charge in [0.1, 0.15) is 0 Å². The number of hydrogen-bond acceptors (Lipinski definition) is 3. The first-order valence-corrected chi connectivity index (χ1v) is 7.34. The standard InChI is InChI=1S/C15H20ClN3O3/c1-3-19(10-12-6-4-5-7-13(12)16)15(22)9-18-14(21)8-17-11(2)20/h4-7H,3,8-10H2,1-2H3,(H,17,20)(H,18,21). The molecule has 0 saturated carbocycles. The minimum Gasteiger partial charge on any atom is -0.347 e. The maximum atomic E-state index is 12.1.